The van der Waals surface area contributed by atoms with Gasteiger partial charge in [0.05, 0.1) is 21.7 Å². The number of carbonyl (C=O) groups is 1. The summed E-state index contributed by atoms with van der Waals surface area (Å²) in [5.41, 5.74) is -0.162. The van der Waals surface area contributed by atoms with Crippen LogP contribution in [0, 0.1) is 6.92 Å². The zero-order valence-electron chi connectivity index (χ0n) is 11.1. The highest BCUT2D eigenvalue weighted by molar-refractivity contribution is 6.35. The van der Waals surface area contributed by atoms with Gasteiger partial charge < -0.3 is 9.94 Å². The van der Waals surface area contributed by atoms with Crippen LogP contribution in [0.3, 0.4) is 0 Å². The number of hydrogen-bond acceptors (Lipinski definition) is 3. The highest BCUT2D eigenvalue weighted by atomic mass is 35.5. The summed E-state index contributed by atoms with van der Waals surface area (Å²) in [7, 11) is 0. The molecule has 0 fully saturated rings. The van der Waals surface area contributed by atoms with E-state index in [0.29, 0.717) is 18.4 Å². The van der Waals surface area contributed by atoms with E-state index in [-0.39, 0.29) is 21.7 Å². The van der Waals surface area contributed by atoms with Crippen LogP contribution in [0.2, 0.25) is 5.02 Å². The van der Waals surface area contributed by atoms with E-state index in [0.717, 1.165) is 4.73 Å². The molecule has 6 heteroatoms. The second kappa shape index (κ2) is 5.54. The van der Waals surface area contributed by atoms with Gasteiger partial charge >= 0.3 is 5.97 Å². The molecule has 20 heavy (non-hydrogen) atoms. The van der Waals surface area contributed by atoms with Gasteiger partial charge in [0.25, 0.3) is 5.56 Å². The third kappa shape index (κ3) is 2.25. The van der Waals surface area contributed by atoms with Crippen molar-refractivity contribution < 1.29 is 14.7 Å². The van der Waals surface area contributed by atoms with E-state index in [4.69, 9.17) is 16.4 Å². The molecule has 1 aromatic heterocycles. The Morgan fingerprint density at radius 2 is 2.15 bits per heavy atom. The molecule has 1 N–H and O–H groups in total. The first-order chi connectivity index (χ1) is 9.49. The number of aromatic nitrogens is 1. The standard InChI is InChI=1S/C14H14ClNO4/c1-3-7-20-16-8(2)11(14(18)19)9-5-4-6-10(15)12(9)13(16)17/h4-6H,3,7H2,1-2H3,(H,18,19). The monoisotopic (exact) mass is 295 g/mol. The number of carboxylic acids is 1. The van der Waals surface area contributed by atoms with Crippen molar-refractivity contribution in [1.82, 2.24) is 4.73 Å². The summed E-state index contributed by atoms with van der Waals surface area (Å²) >= 11 is 6.04. The normalized spacial score (nSPS) is 10.8. The molecule has 0 radical (unpaired) electrons. The molecule has 0 amide bonds. The molecule has 5 nitrogen and oxygen atoms in total. The third-order valence-electron chi connectivity index (χ3n) is 2.99. The predicted octanol–water partition coefficient (Wildman–Crippen LogP) is 2.50. The first kappa shape index (κ1) is 14.4. The second-order valence-corrected chi connectivity index (χ2v) is 4.77. The average Bonchev–Trinajstić information content (AvgIpc) is 2.38. The lowest BCUT2D eigenvalue weighted by atomic mass is 10.0. The van der Waals surface area contributed by atoms with Gasteiger partial charge in [-0.3, -0.25) is 4.79 Å². The van der Waals surface area contributed by atoms with Crippen LogP contribution in [0.1, 0.15) is 29.4 Å². The van der Waals surface area contributed by atoms with Crippen LogP contribution in [-0.4, -0.2) is 22.4 Å². The number of benzene rings is 1. The molecule has 0 saturated carbocycles. The van der Waals surface area contributed by atoms with Gasteiger partial charge in [-0.05, 0) is 19.4 Å². The van der Waals surface area contributed by atoms with Crippen LogP contribution in [0.5, 0.6) is 0 Å². The molecule has 1 heterocycles. The van der Waals surface area contributed by atoms with Crippen molar-refractivity contribution in [3.05, 3.63) is 44.8 Å². The Bertz CT molecular complexity index is 736. The zero-order valence-corrected chi connectivity index (χ0v) is 11.9. The molecule has 0 aliphatic rings. The number of aromatic carboxylic acids is 1. The van der Waals surface area contributed by atoms with Gasteiger partial charge in [0.15, 0.2) is 0 Å². The van der Waals surface area contributed by atoms with Crippen LogP contribution < -0.4 is 10.4 Å². The van der Waals surface area contributed by atoms with Crippen LogP contribution >= 0.6 is 11.6 Å². The summed E-state index contributed by atoms with van der Waals surface area (Å²) in [6.45, 7) is 3.75. The Balaban J connectivity index is 2.91. The predicted molar refractivity (Wildman–Crippen MR) is 76.7 cm³/mol. The van der Waals surface area contributed by atoms with Crippen molar-refractivity contribution in [2.45, 2.75) is 20.3 Å². The van der Waals surface area contributed by atoms with Gasteiger partial charge in [-0.25, -0.2) is 4.79 Å². The van der Waals surface area contributed by atoms with Gasteiger partial charge in [0, 0.05) is 5.39 Å². The lowest BCUT2D eigenvalue weighted by Crippen LogP contribution is -2.31. The van der Waals surface area contributed by atoms with Crippen molar-refractivity contribution in [2.24, 2.45) is 0 Å². The van der Waals surface area contributed by atoms with Crippen LogP contribution in [0.15, 0.2) is 23.0 Å². The molecular formula is C14H14ClNO4. The Hall–Kier alpha value is -2.01. The van der Waals surface area contributed by atoms with Crippen molar-refractivity contribution >= 4 is 28.3 Å². The molecule has 106 valence electrons. The smallest absolute Gasteiger partial charge is 0.338 e. The zero-order chi connectivity index (χ0) is 14.9. The minimum absolute atomic E-state index is 0.0261. The van der Waals surface area contributed by atoms with Crippen molar-refractivity contribution in [1.29, 1.82) is 0 Å². The van der Waals surface area contributed by atoms with E-state index < -0.39 is 11.5 Å². The van der Waals surface area contributed by atoms with Crippen LogP contribution in [-0.2, 0) is 0 Å². The van der Waals surface area contributed by atoms with E-state index in [2.05, 4.69) is 0 Å². The molecule has 0 aliphatic carbocycles. The molecule has 1 aromatic carbocycles. The van der Waals surface area contributed by atoms with Crippen molar-refractivity contribution in [2.75, 3.05) is 6.61 Å². The maximum absolute atomic E-state index is 12.4. The first-order valence-electron chi connectivity index (χ1n) is 6.19. The largest absolute Gasteiger partial charge is 0.478 e. The summed E-state index contributed by atoms with van der Waals surface area (Å²) < 4.78 is 1.02. The van der Waals surface area contributed by atoms with Gasteiger partial charge in [0.2, 0.25) is 0 Å². The van der Waals surface area contributed by atoms with E-state index in [1.807, 2.05) is 6.92 Å². The highest BCUT2D eigenvalue weighted by Crippen LogP contribution is 2.25. The topological polar surface area (TPSA) is 68.5 Å². The number of halogens is 1. The Morgan fingerprint density at radius 1 is 1.45 bits per heavy atom. The quantitative estimate of drug-likeness (QED) is 0.941. The number of carboxylic acid groups (broad SMARTS) is 1. The molecule has 0 saturated heterocycles. The molecule has 0 atom stereocenters. The molecule has 0 aliphatic heterocycles. The molecular weight excluding hydrogens is 282 g/mol. The summed E-state index contributed by atoms with van der Waals surface area (Å²) in [5.74, 6) is -1.12. The molecule has 2 rings (SSSR count). The molecule has 0 spiro atoms. The molecule has 2 aromatic rings. The average molecular weight is 296 g/mol. The lowest BCUT2D eigenvalue weighted by Gasteiger charge is -2.15. The number of rotatable bonds is 4. The fourth-order valence-corrected chi connectivity index (χ4v) is 2.36. The van der Waals surface area contributed by atoms with Gasteiger partial charge in [-0.15, -0.1) is 4.73 Å². The number of nitrogens with zero attached hydrogens (tertiary/aromatic N) is 1. The maximum atomic E-state index is 12.4. The second-order valence-electron chi connectivity index (χ2n) is 4.36. The molecule has 0 unspecified atom stereocenters. The summed E-state index contributed by atoms with van der Waals surface area (Å²) in [4.78, 5) is 29.2. The number of hydrogen-bond donors (Lipinski definition) is 1. The molecule has 0 bridgehead atoms. The SMILES string of the molecule is CCCOn1c(C)c(C(=O)O)c2cccc(Cl)c2c1=O. The first-order valence-corrected chi connectivity index (χ1v) is 6.57. The van der Waals surface area contributed by atoms with Gasteiger partial charge in [0.1, 0.15) is 6.61 Å². The summed E-state index contributed by atoms with van der Waals surface area (Å²) in [6, 6.07) is 4.74. The third-order valence-corrected chi connectivity index (χ3v) is 3.30. The summed E-state index contributed by atoms with van der Waals surface area (Å²) in [5, 5.41) is 10.1. The van der Waals surface area contributed by atoms with E-state index in [1.165, 1.54) is 0 Å². The highest BCUT2D eigenvalue weighted by Gasteiger charge is 2.20. The number of fused-ring (bicyclic) bond motifs is 1. The van der Waals surface area contributed by atoms with Crippen LogP contribution in [0.25, 0.3) is 10.8 Å². The van der Waals surface area contributed by atoms with E-state index in [1.54, 1.807) is 25.1 Å². The van der Waals surface area contributed by atoms with E-state index in [9.17, 15) is 14.7 Å². The lowest BCUT2D eigenvalue weighted by molar-refractivity contribution is 0.0681. The fraction of sp³-hybridized carbons (Fsp3) is 0.286. The maximum Gasteiger partial charge on any atom is 0.338 e. The van der Waals surface area contributed by atoms with Crippen molar-refractivity contribution in [3.63, 3.8) is 0 Å². The van der Waals surface area contributed by atoms with Crippen molar-refractivity contribution in [3.8, 4) is 0 Å². The Kier molecular flexibility index (Phi) is 3.99. The number of pyridine rings is 1. The Morgan fingerprint density at radius 3 is 2.75 bits per heavy atom. The van der Waals surface area contributed by atoms with Gasteiger partial charge in [-0.2, -0.15) is 0 Å². The summed E-state index contributed by atoms with van der Waals surface area (Å²) in [6.07, 6.45) is 0.703. The van der Waals surface area contributed by atoms with E-state index >= 15 is 0 Å². The Labute approximate surface area is 120 Å². The van der Waals surface area contributed by atoms with Gasteiger partial charge in [-0.1, -0.05) is 30.7 Å². The minimum Gasteiger partial charge on any atom is -0.478 e. The minimum atomic E-state index is -1.12. The fourth-order valence-electron chi connectivity index (χ4n) is 2.11. The van der Waals surface area contributed by atoms with Crippen LogP contribution in [0.4, 0.5) is 0 Å².